The highest BCUT2D eigenvalue weighted by Gasteiger charge is 2.23. The van der Waals surface area contributed by atoms with E-state index in [0.717, 1.165) is 27.7 Å². The molecule has 29 heavy (non-hydrogen) atoms. The van der Waals surface area contributed by atoms with Crippen LogP contribution in [0.2, 0.25) is 0 Å². The second-order valence-corrected chi connectivity index (χ2v) is 9.38. The minimum atomic E-state index is -3.21. The fourth-order valence-corrected chi connectivity index (χ4v) is 3.85. The van der Waals surface area contributed by atoms with Gasteiger partial charge in [-0.2, -0.15) is 9.40 Å². The van der Waals surface area contributed by atoms with Crippen LogP contribution in [0.5, 0.6) is 0 Å². The molecule has 0 fully saturated rings. The van der Waals surface area contributed by atoms with Crippen LogP contribution in [-0.2, 0) is 10.0 Å². The number of rotatable bonds is 5. The molecule has 0 aromatic carbocycles. The molecule has 0 amide bonds. The van der Waals surface area contributed by atoms with E-state index in [9.17, 15) is 8.42 Å². The van der Waals surface area contributed by atoms with Crippen molar-refractivity contribution in [3.63, 3.8) is 0 Å². The Balaban J connectivity index is 1.60. The molecule has 9 heteroatoms. The SMILES string of the molecule is CC(C)c1cnnc(Nc2ccc3ncc(C4=CCN(S(C)(=O)=O)C4)cc3n2)c1. The summed E-state index contributed by atoms with van der Waals surface area (Å²) < 4.78 is 24.9. The molecule has 0 aliphatic carbocycles. The molecule has 0 bridgehead atoms. The Kier molecular flexibility index (Phi) is 5.01. The molecule has 8 nitrogen and oxygen atoms in total. The van der Waals surface area contributed by atoms with Crippen LogP contribution in [0.25, 0.3) is 16.6 Å². The van der Waals surface area contributed by atoms with E-state index in [4.69, 9.17) is 0 Å². The molecule has 0 radical (unpaired) electrons. The smallest absolute Gasteiger partial charge is 0.211 e. The van der Waals surface area contributed by atoms with Crippen molar-refractivity contribution in [3.05, 3.63) is 53.9 Å². The lowest BCUT2D eigenvalue weighted by molar-refractivity contribution is 0.496. The lowest BCUT2D eigenvalue weighted by atomic mass is 10.1. The Morgan fingerprint density at radius 2 is 1.93 bits per heavy atom. The third-order valence-electron chi connectivity index (χ3n) is 4.86. The molecule has 4 heterocycles. The van der Waals surface area contributed by atoms with Gasteiger partial charge in [0.2, 0.25) is 10.0 Å². The monoisotopic (exact) mass is 410 g/mol. The van der Waals surface area contributed by atoms with Crippen LogP contribution in [0.3, 0.4) is 0 Å². The zero-order valence-electron chi connectivity index (χ0n) is 16.5. The van der Waals surface area contributed by atoms with E-state index in [1.807, 2.05) is 30.3 Å². The first-order valence-corrected chi connectivity index (χ1v) is 11.2. The van der Waals surface area contributed by atoms with Crippen molar-refractivity contribution in [2.24, 2.45) is 0 Å². The van der Waals surface area contributed by atoms with Crippen molar-refractivity contribution in [3.8, 4) is 0 Å². The third-order valence-corrected chi connectivity index (χ3v) is 6.08. The summed E-state index contributed by atoms with van der Waals surface area (Å²) in [7, 11) is -3.21. The normalized spacial score (nSPS) is 15.1. The largest absolute Gasteiger partial charge is 0.323 e. The molecule has 3 aromatic heterocycles. The zero-order chi connectivity index (χ0) is 20.6. The van der Waals surface area contributed by atoms with Gasteiger partial charge in [0.05, 0.1) is 23.5 Å². The highest BCUT2D eigenvalue weighted by Crippen LogP contribution is 2.25. The predicted molar refractivity (Wildman–Crippen MR) is 113 cm³/mol. The van der Waals surface area contributed by atoms with Crippen molar-refractivity contribution in [2.45, 2.75) is 19.8 Å². The molecule has 1 aliphatic rings. The second-order valence-electron chi connectivity index (χ2n) is 7.40. The first-order chi connectivity index (χ1) is 13.8. The third kappa shape index (κ3) is 4.25. The van der Waals surface area contributed by atoms with Gasteiger partial charge in [0.1, 0.15) is 5.82 Å². The quantitative estimate of drug-likeness (QED) is 0.690. The van der Waals surface area contributed by atoms with E-state index in [1.165, 1.54) is 10.6 Å². The van der Waals surface area contributed by atoms with Crippen LogP contribution >= 0.6 is 0 Å². The average molecular weight is 411 g/mol. The van der Waals surface area contributed by atoms with Crippen LogP contribution in [0.15, 0.2) is 42.7 Å². The minimum absolute atomic E-state index is 0.349. The van der Waals surface area contributed by atoms with E-state index in [0.29, 0.717) is 30.6 Å². The van der Waals surface area contributed by atoms with Crippen molar-refractivity contribution >= 4 is 38.3 Å². The maximum atomic E-state index is 11.8. The first kappa shape index (κ1) is 19.4. The maximum Gasteiger partial charge on any atom is 0.211 e. The van der Waals surface area contributed by atoms with Crippen LogP contribution in [0.1, 0.15) is 30.9 Å². The van der Waals surface area contributed by atoms with Gasteiger partial charge in [0.15, 0.2) is 5.82 Å². The lowest BCUT2D eigenvalue weighted by Gasteiger charge is -2.13. The van der Waals surface area contributed by atoms with Crippen LogP contribution in [0, 0.1) is 0 Å². The summed E-state index contributed by atoms with van der Waals surface area (Å²) in [5.41, 5.74) is 4.38. The van der Waals surface area contributed by atoms with E-state index in [-0.39, 0.29) is 0 Å². The van der Waals surface area contributed by atoms with Gasteiger partial charge < -0.3 is 5.32 Å². The van der Waals surface area contributed by atoms with E-state index < -0.39 is 10.0 Å². The summed E-state index contributed by atoms with van der Waals surface area (Å²) in [6.07, 6.45) is 6.65. The molecule has 0 saturated carbocycles. The number of anilines is 2. The minimum Gasteiger partial charge on any atom is -0.323 e. The Hall–Kier alpha value is -2.91. The Morgan fingerprint density at radius 1 is 1.10 bits per heavy atom. The van der Waals surface area contributed by atoms with Crippen molar-refractivity contribution in [2.75, 3.05) is 24.7 Å². The van der Waals surface area contributed by atoms with Crippen LogP contribution < -0.4 is 5.32 Å². The molecule has 150 valence electrons. The van der Waals surface area contributed by atoms with Crippen molar-refractivity contribution in [1.82, 2.24) is 24.5 Å². The number of nitrogens with one attached hydrogen (secondary N) is 1. The van der Waals surface area contributed by atoms with Gasteiger partial charge in [-0.15, -0.1) is 5.10 Å². The molecule has 4 rings (SSSR count). The topological polar surface area (TPSA) is 101 Å². The summed E-state index contributed by atoms with van der Waals surface area (Å²) in [5.74, 6) is 1.63. The number of nitrogens with zero attached hydrogens (tertiary/aromatic N) is 5. The van der Waals surface area contributed by atoms with Crippen LogP contribution in [-0.4, -0.2) is 52.2 Å². The first-order valence-electron chi connectivity index (χ1n) is 9.30. The van der Waals surface area contributed by atoms with Gasteiger partial charge in [-0.3, -0.25) is 4.98 Å². The summed E-state index contributed by atoms with van der Waals surface area (Å²) in [6.45, 7) is 4.93. The molecule has 1 aliphatic heterocycles. The number of fused-ring (bicyclic) bond motifs is 1. The molecular formula is C20H22N6O2S. The zero-order valence-corrected chi connectivity index (χ0v) is 17.3. The molecule has 0 spiro atoms. The highest BCUT2D eigenvalue weighted by molar-refractivity contribution is 7.88. The maximum absolute atomic E-state index is 11.8. The fraction of sp³-hybridized carbons (Fsp3) is 0.300. The standard InChI is InChI=1S/C20H22N6O2S/c1-13(2)15-9-20(25-22-11-15)24-19-5-4-17-18(23-19)8-16(10-21-17)14-6-7-26(12-14)29(3,27)28/h4-6,8-11,13H,7,12H2,1-3H3,(H,23,24,25). The van der Waals surface area contributed by atoms with E-state index >= 15 is 0 Å². The van der Waals surface area contributed by atoms with E-state index in [1.54, 1.807) is 12.4 Å². The predicted octanol–water partition coefficient (Wildman–Crippen LogP) is 2.95. The van der Waals surface area contributed by atoms with Gasteiger partial charge in [0, 0.05) is 19.3 Å². The number of hydrogen-bond donors (Lipinski definition) is 1. The number of sulfonamides is 1. The highest BCUT2D eigenvalue weighted by atomic mass is 32.2. The second kappa shape index (κ2) is 7.49. The molecule has 3 aromatic rings. The fourth-order valence-electron chi connectivity index (χ4n) is 3.13. The van der Waals surface area contributed by atoms with Gasteiger partial charge >= 0.3 is 0 Å². The molecule has 0 saturated heterocycles. The number of pyridine rings is 2. The molecular weight excluding hydrogens is 388 g/mol. The molecule has 1 N–H and O–H groups in total. The summed E-state index contributed by atoms with van der Waals surface area (Å²) in [5, 5.41) is 11.4. The Labute approximate surface area is 169 Å². The van der Waals surface area contributed by atoms with Gasteiger partial charge in [-0.25, -0.2) is 13.4 Å². The summed E-state index contributed by atoms with van der Waals surface area (Å²) in [6, 6.07) is 7.63. The summed E-state index contributed by atoms with van der Waals surface area (Å²) in [4.78, 5) is 9.12. The van der Waals surface area contributed by atoms with Gasteiger partial charge in [-0.05, 0) is 46.9 Å². The number of hydrogen-bond acceptors (Lipinski definition) is 7. The van der Waals surface area contributed by atoms with Crippen molar-refractivity contribution in [1.29, 1.82) is 0 Å². The van der Waals surface area contributed by atoms with E-state index in [2.05, 4.69) is 39.3 Å². The lowest BCUT2D eigenvalue weighted by Crippen LogP contribution is -2.27. The van der Waals surface area contributed by atoms with Gasteiger partial charge in [0.25, 0.3) is 0 Å². The molecule has 0 unspecified atom stereocenters. The Morgan fingerprint density at radius 3 is 2.66 bits per heavy atom. The average Bonchev–Trinajstić information content (AvgIpc) is 3.18. The van der Waals surface area contributed by atoms with Crippen LogP contribution in [0.4, 0.5) is 11.6 Å². The van der Waals surface area contributed by atoms with Gasteiger partial charge in [-0.1, -0.05) is 19.9 Å². The number of aromatic nitrogens is 4. The van der Waals surface area contributed by atoms with Crippen molar-refractivity contribution < 1.29 is 8.42 Å². The molecule has 0 atom stereocenters. The Bertz CT molecular complexity index is 1210. The summed E-state index contributed by atoms with van der Waals surface area (Å²) >= 11 is 0.